The molecule has 0 radical (unpaired) electrons. The molecule has 0 saturated carbocycles. The molecule has 3 amide bonds. The summed E-state index contributed by atoms with van der Waals surface area (Å²) < 4.78 is 0. The van der Waals surface area contributed by atoms with E-state index in [1.54, 1.807) is 0 Å². The maximum atomic E-state index is 12.5. The summed E-state index contributed by atoms with van der Waals surface area (Å²) in [5.41, 5.74) is 4.47. The van der Waals surface area contributed by atoms with Gasteiger partial charge < -0.3 is 16.4 Å². The second-order valence-electron chi connectivity index (χ2n) is 8.87. The summed E-state index contributed by atoms with van der Waals surface area (Å²) in [6.45, 7) is 18.2. The highest BCUT2D eigenvalue weighted by atomic mass is 16.2. The van der Waals surface area contributed by atoms with Gasteiger partial charge in [0, 0.05) is 17.9 Å². The van der Waals surface area contributed by atoms with Crippen LogP contribution in [0.5, 0.6) is 0 Å². The van der Waals surface area contributed by atoms with Gasteiger partial charge in [0.25, 0.3) is 0 Å². The van der Waals surface area contributed by atoms with Crippen LogP contribution in [0, 0.1) is 23.2 Å². The minimum Gasteiger partial charge on any atom is -0.352 e. The summed E-state index contributed by atoms with van der Waals surface area (Å²) in [7, 11) is 0. The number of hydrogen-bond acceptors (Lipinski definition) is 3. The summed E-state index contributed by atoms with van der Waals surface area (Å²) in [6, 6.07) is -1.13. The van der Waals surface area contributed by atoms with Crippen molar-refractivity contribution in [2.24, 2.45) is 28.9 Å². The fourth-order valence-electron chi connectivity index (χ4n) is 1.92. The third-order valence-electron chi connectivity index (χ3n) is 3.75. The van der Waals surface area contributed by atoms with Crippen molar-refractivity contribution in [3.63, 3.8) is 0 Å². The van der Waals surface area contributed by atoms with E-state index in [2.05, 4.69) is 31.4 Å². The Kier molecular flexibility index (Phi) is 13.0. The number of primary amides is 1. The predicted octanol–water partition coefficient (Wildman–Crippen LogP) is 3.49. The molecule has 26 heavy (non-hydrogen) atoms. The highest BCUT2D eigenvalue weighted by Crippen LogP contribution is 2.20. The topological polar surface area (TPSA) is 101 Å². The second kappa shape index (κ2) is 12.7. The first-order chi connectivity index (χ1) is 11.7. The van der Waals surface area contributed by atoms with E-state index in [-0.39, 0.29) is 23.5 Å². The third kappa shape index (κ3) is 13.7. The monoisotopic (exact) mass is 371 g/mol. The lowest BCUT2D eigenvalue weighted by atomic mass is 9.84. The van der Waals surface area contributed by atoms with Crippen LogP contribution in [-0.2, 0) is 9.59 Å². The first-order valence-corrected chi connectivity index (χ1v) is 9.58. The smallest absolute Gasteiger partial charge is 0.312 e. The van der Waals surface area contributed by atoms with E-state index < -0.39 is 17.5 Å². The van der Waals surface area contributed by atoms with Gasteiger partial charge in [-0.05, 0) is 24.7 Å². The lowest BCUT2D eigenvalue weighted by Crippen LogP contribution is -2.48. The minimum atomic E-state index is -0.587. The van der Waals surface area contributed by atoms with Crippen LogP contribution in [0.4, 0.5) is 4.79 Å². The van der Waals surface area contributed by atoms with Crippen molar-refractivity contribution in [2.45, 2.75) is 81.2 Å². The molecule has 2 unspecified atom stereocenters. The Morgan fingerprint density at radius 2 is 1.42 bits per heavy atom. The van der Waals surface area contributed by atoms with Gasteiger partial charge in [0.15, 0.2) is 5.78 Å². The maximum absolute atomic E-state index is 12.5. The zero-order valence-electron chi connectivity index (χ0n) is 18.2. The molecule has 0 heterocycles. The predicted molar refractivity (Wildman–Crippen MR) is 108 cm³/mol. The summed E-state index contributed by atoms with van der Waals surface area (Å²) in [5.74, 6) is 0.775. The molecule has 154 valence electrons. The molecule has 0 rings (SSSR count). The van der Waals surface area contributed by atoms with Crippen molar-refractivity contribution in [3.8, 4) is 0 Å². The number of carbonyl (C=O) groups excluding carboxylic acids is 3. The van der Waals surface area contributed by atoms with Gasteiger partial charge in [-0.2, -0.15) is 0 Å². The molecule has 0 aliphatic rings. The van der Waals surface area contributed by atoms with E-state index in [1.165, 1.54) is 0 Å². The normalized spacial score (nSPS) is 13.5. The van der Waals surface area contributed by atoms with Crippen LogP contribution in [0.2, 0.25) is 0 Å². The standard InChI is InChI=1S/C16H31N3O3.C4H10/c1-10(2)11(3)14(21)19-12(13(20)16(4,5)6)8-7-9-18-15(17)22;1-4(2)3/h10-12H,7-9H2,1-6H3,(H,19,21)(H3,17,18,22);4H,1-3H3. The Labute approximate surface area is 160 Å². The minimum absolute atomic E-state index is 0.00381. The number of nitrogens with one attached hydrogen (secondary N) is 2. The van der Waals surface area contributed by atoms with Gasteiger partial charge in [0.05, 0.1) is 6.04 Å². The number of ketones is 1. The number of hydrogen-bond donors (Lipinski definition) is 3. The molecule has 0 spiro atoms. The van der Waals surface area contributed by atoms with Crippen molar-refractivity contribution in [1.82, 2.24) is 10.6 Å². The lowest BCUT2D eigenvalue weighted by Gasteiger charge is -2.27. The van der Waals surface area contributed by atoms with Crippen LogP contribution in [0.15, 0.2) is 0 Å². The molecular formula is C20H41N3O3. The zero-order chi connectivity index (χ0) is 21.1. The fourth-order valence-corrected chi connectivity index (χ4v) is 1.92. The largest absolute Gasteiger partial charge is 0.352 e. The second-order valence-corrected chi connectivity index (χ2v) is 8.87. The molecule has 0 aromatic rings. The molecule has 0 fully saturated rings. The Morgan fingerprint density at radius 1 is 0.962 bits per heavy atom. The summed E-state index contributed by atoms with van der Waals surface area (Å²) in [6.07, 6.45) is 1.05. The van der Waals surface area contributed by atoms with Gasteiger partial charge in [0.1, 0.15) is 0 Å². The molecule has 0 aromatic heterocycles. The molecule has 0 bridgehead atoms. The molecule has 2 atom stereocenters. The lowest BCUT2D eigenvalue weighted by molar-refractivity contribution is -0.134. The average molecular weight is 372 g/mol. The first kappa shape index (κ1) is 26.6. The van der Waals surface area contributed by atoms with Gasteiger partial charge in [0.2, 0.25) is 5.91 Å². The molecule has 6 heteroatoms. The molecule has 0 aliphatic carbocycles. The van der Waals surface area contributed by atoms with Gasteiger partial charge in [-0.3, -0.25) is 9.59 Å². The number of amides is 3. The van der Waals surface area contributed by atoms with E-state index in [1.807, 2.05) is 41.5 Å². The fraction of sp³-hybridized carbons (Fsp3) is 0.850. The molecular weight excluding hydrogens is 330 g/mol. The Bertz CT molecular complexity index is 437. The number of rotatable bonds is 8. The quantitative estimate of drug-likeness (QED) is 0.569. The van der Waals surface area contributed by atoms with Crippen LogP contribution in [0.1, 0.15) is 75.2 Å². The van der Waals surface area contributed by atoms with Crippen LogP contribution < -0.4 is 16.4 Å². The van der Waals surface area contributed by atoms with Crippen LogP contribution in [0.25, 0.3) is 0 Å². The average Bonchev–Trinajstić information content (AvgIpc) is 2.46. The van der Waals surface area contributed by atoms with Crippen molar-refractivity contribution < 1.29 is 14.4 Å². The van der Waals surface area contributed by atoms with Gasteiger partial charge in [-0.25, -0.2) is 4.79 Å². The van der Waals surface area contributed by atoms with Crippen LogP contribution in [-0.4, -0.2) is 30.3 Å². The molecule has 0 aromatic carbocycles. The number of nitrogens with two attached hydrogens (primary N) is 1. The number of carbonyl (C=O) groups is 3. The summed E-state index contributed by atoms with van der Waals surface area (Å²) >= 11 is 0. The molecule has 0 aliphatic heterocycles. The van der Waals surface area contributed by atoms with Crippen molar-refractivity contribution in [3.05, 3.63) is 0 Å². The molecule has 0 saturated heterocycles. The van der Waals surface area contributed by atoms with Gasteiger partial charge in [-0.15, -0.1) is 0 Å². The van der Waals surface area contributed by atoms with E-state index in [0.29, 0.717) is 19.4 Å². The van der Waals surface area contributed by atoms with E-state index >= 15 is 0 Å². The third-order valence-corrected chi connectivity index (χ3v) is 3.75. The number of Topliss-reactive ketones (excluding diaryl/α,β-unsaturated/α-hetero) is 1. The summed E-state index contributed by atoms with van der Waals surface area (Å²) in [5, 5.41) is 5.35. The Balaban J connectivity index is 0. The Hall–Kier alpha value is -1.59. The van der Waals surface area contributed by atoms with E-state index in [0.717, 1.165) is 5.92 Å². The van der Waals surface area contributed by atoms with Crippen molar-refractivity contribution in [1.29, 1.82) is 0 Å². The summed E-state index contributed by atoms with van der Waals surface area (Å²) in [4.78, 5) is 35.4. The van der Waals surface area contributed by atoms with Crippen molar-refractivity contribution in [2.75, 3.05) is 6.54 Å². The van der Waals surface area contributed by atoms with Gasteiger partial charge >= 0.3 is 6.03 Å². The zero-order valence-corrected chi connectivity index (χ0v) is 18.2. The maximum Gasteiger partial charge on any atom is 0.312 e. The van der Waals surface area contributed by atoms with E-state index in [9.17, 15) is 14.4 Å². The molecule has 6 nitrogen and oxygen atoms in total. The van der Waals surface area contributed by atoms with Crippen LogP contribution >= 0.6 is 0 Å². The van der Waals surface area contributed by atoms with Gasteiger partial charge in [-0.1, -0.05) is 62.3 Å². The van der Waals surface area contributed by atoms with E-state index in [4.69, 9.17) is 5.73 Å². The Morgan fingerprint density at radius 3 is 1.77 bits per heavy atom. The highest BCUT2D eigenvalue weighted by Gasteiger charge is 2.31. The number of urea groups is 1. The first-order valence-electron chi connectivity index (χ1n) is 9.58. The van der Waals surface area contributed by atoms with Crippen LogP contribution in [0.3, 0.4) is 0 Å². The SMILES string of the molecule is CC(C)C.CC(C)C(C)C(=O)NC(CCCNC(N)=O)C(=O)C(C)(C)C. The van der Waals surface area contributed by atoms with Crippen molar-refractivity contribution >= 4 is 17.7 Å². The molecule has 4 N–H and O–H groups in total. The highest BCUT2D eigenvalue weighted by molar-refractivity contribution is 5.92.